The van der Waals surface area contributed by atoms with Crippen LogP contribution in [0.1, 0.15) is 17.5 Å². The van der Waals surface area contributed by atoms with Crippen LogP contribution in [0.2, 0.25) is 0 Å². The second-order valence-electron chi connectivity index (χ2n) is 7.26. The first kappa shape index (κ1) is 20.0. The van der Waals surface area contributed by atoms with Crippen LogP contribution < -0.4 is 9.42 Å². The van der Waals surface area contributed by atoms with Gasteiger partial charge >= 0.3 is 12.1 Å². The molecular formula is C21H19F3N4O2. The first-order valence-corrected chi connectivity index (χ1v) is 9.34. The molecule has 5 rings (SSSR count). The van der Waals surface area contributed by atoms with Crippen LogP contribution >= 0.6 is 0 Å². The van der Waals surface area contributed by atoms with Gasteiger partial charge in [-0.1, -0.05) is 21.3 Å². The number of nitrogens with zero attached hydrogens (tertiary/aromatic N) is 4. The summed E-state index contributed by atoms with van der Waals surface area (Å²) in [5.74, 6) is -0.102. The number of halogens is 3. The number of para-hydroxylation sites is 1. The summed E-state index contributed by atoms with van der Waals surface area (Å²) in [5, 5.41) is 16.5. The summed E-state index contributed by atoms with van der Waals surface area (Å²) in [4.78, 5) is 2.27. The predicted octanol–water partition coefficient (Wildman–Crippen LogP) is 3.83. The SMILES string of the molecule is Cc1c(N2CCC2)c2ccccc2[n+]2nn(-c3ccc(C(F)(F)F)cc3)c(O)c12.[OH-]. The topological polar surface area (TPSA) is 75.4 Å². The number of rotatable bonds is 2. The summed E-state index contributed by atoms with van der Waals surface area (Å²) in [5.41, 5.74) is 2.94. The van der Waals surface area contributed by atoms with Crippen LogP contribution in [0.25, 0.3) is 22.1 Å². The highest BCUT2D eigenvalue weighted by Gasteiger charge is 2.33. The Kier molecular flexibility index (Phi) is 4.58. The van der Waals surface area contributed by atoms with Gasteiger partial charge in [-0.25, -0.2) is 0 Å². The summed E-state index contributed by atoms with van der Waals surface area (Å²) in [6.07, 6.45) is -3.29. The third-order valence-electron chi connectivity index (χ3n) is 5.51. The number of aryl methyl sites for hydroxylation is 1. The van der Waals surface area contributed by atoms with Crippen LogP contribution in [0.5, 0.6) is 5.88 Å². The summed E-state index contributed by atoms with van der Waals surface area (Å²) < 4.78 is 41.6. The fourth-order valence-electron chi connectivity index (χ4n) is 3.95. The Hall–Kier alpha value is -3.33. The molecule has 3 heterocycles. The van der Waals surface area contributed by atoms with E-state index in [1.807, 2.05) is 31.2 Å². The lowest BCUT2D eigenvalue weighted by Gasteiger charge is -2.34. The average molecular weight is 416 g/mol. The van der Waals surface area contributed by atoms with Gasteiger partial charge < -0.3 is 15.5 Å². The van der Waals surface area contributed by atoms with Crippen LogP contribution in [0.4, 0.5) is 18.9 Å². The molecule has 6 nitrogen and oxygen atoms in total. The molecule has 1 fully saturated rings. The maximum Gasteiger partial charge on any atom is 0.416 e. The van der Waals surface area contributed by atoms with Crippen molar-refractivity contribution in [3.8, 4) is 11.6 Å². The molecule has 30 heavy (non-hydrogen) atoms. The summed E-state index contributed by atoms with van der Waals surface area (Å²) in [7, 11) is 0. The van der Waals surface area contributed by atoms with Gasteiger partial charge in [-0.2, -0.15) is 13.2 Å². The van der Waals surface area contributed by atoms with Gasteiger partial charge in [-0.15, -0.1) is 0 Å². The Morgan fingerprint density at radius 1 is 1.03 bits per heavy atom. The van der Waals surface area contributed by atoms with Crippen molar-refractivity contribution < 1.29 is 28.3 Å². The van der Waals surface area contributed by atoms with Gasteiger partial charge in [0.1, 0.15) is 5.21 Å². The van der Waals surface area contributed by atoms with E-state index < -0.39 is 11.7 Å². The van der Waals surface area contributed by atoms with Gasteiger partial charge in [0.25, 0.3) is 0 Å². The zero-order valence-electron chi connectivity index (χ0n) is 16.1. The van der Waals surface area contributed by atoms with Crippen LogP contribution in [-0.4, -0.2) is 33.6 Å². The van der Waals surface area contributed by atoms with Crippen molar-refractivity contribution in [2.24, 2.45) is 0 Å². The van der Waals surface area contributed by atoms with Gasteiger partial charge in [-0.05, 0) is 49.7 Å². The van der Waals surface area contributed by atoms with E-state index in [0.29, 0.717) is 11.2 Å². The number of aromatic nitrogens is 3. The van der Waals surface area contributed by atoms with Crippen LogP contribution in [0, 0.1) is 6.92 Å². The number of pyridine rings is 1. The van der Waals surface area contributed by atoms with Crippen LogP contribution in [-0.2, 0) is 6.18 Å². The lowest BCUT2D eigenvalue weighted by atomic mass is 10.0. The van der Waals surface area contributed by atoms with Crippen molar-refractivity contribution in [1.29, 1.82) is 0 Å². The number of fused-ring (bicyclic) bond motifs is 3. The molecule has 2 N–H and O–H groups in total. The van der Waals surface area contributed by atoms with Crippen molar-refractivity contribution in [3.05, 3.63) is 59.7 Å². The summed E-state index contributed by atoms with van der Waals surface area (Å²) in [6, 6.07) is 12.4. The Bertz CT molecular complexity index is 1250. The van der Waals surface area contributed by atoms with Gasteiger partial charge in [0.2, 0.25) is 5.52 Å². The van der Waals surface area contributed by atoms with E-state index >= 15 is 0 Å². The predicted molar refractivity (Wildman–Crippen MR) is 104 cm³/mol. The van der Waals surface area contributed by atoms with E-state index in [4.69, 9.17) is 0 Å². The molecule has 0 radical (unpaired) electrons. The van der Waals surface area contributed by atoms with Gasteiger partial charge in [0.05, 0.1) is 11.3 Å². The molecule has 0 unspecified atom stereocenters. The summed E-state index contributed by atoms with van der Waals surface area (Å²) in [6.45, 7) is 3.84. The van der Waals surface area contributed by atoms with Crippen molar-refractivity contribution >= 4 is 22.1 Å². The number of anilines is 1. The first-order valence-electron chi connectivity index (χ1n) is 9.34. The Balaban J connectivity index is 0.00000218. The molecule has 0 bridgehead atoms. The zero-order valence-corrected chi connectivity index (χ0v) is 16.1. The van der Waals surface area contributed by atoms with E-state index in [9.17, 15) is 18.3 Å². The molecule has 1 saturated heterocycles. The van der Waals surface area contributed by atoms with E-state index in [-0.39, 0.29) is 11.4 Å². The largest absolute Gasteiger partial charge is 0.870 e. The highest BCUT2D eigenvalue weighted by Crippen LogP contribution is 2.37. The first-order chi connectivity index (χ1) is 13.9. The van der Waals surface area contributed by atoms with Crippen LogP contribution in [0.15, 0.2) is 48.5 Å². The molecule has 0 amide bonds. The van der Waals surface area contributed by atoms with Gasteiger partial charge in [0.15, 0.2) is 11.2 Å². The monoisotopic (exact) mass is 416 g/mol. The minimum absolute atomic E-state index is 0. The molecule has 2 aromatic carbocycles. The quantitative estimate of drug-likeness (QED) is 0.504. The molecule has 1 aliphatic heterocycles. The number of benzene rings is 2. The Morgan fingerprint density at radius 3 is 2.30 bits per heavy atom. The molecular weight excluding hydrogens is 397 g/mol. The Labute approximate surface area is 169 Å². The second-order valence-corrected chi connectivity index (χ2v) is 7.26. The molecule has 1 aliphatic rings. The third-order valence-corrected chi connectivity index (χ3v) is 5.51. The normalized spacial score (nSPS) is 14.1. The van der Waals surface area contributed by atoms with Gasteiger partial charge in [-0.3, -0.25) is 0 Å². The smallest absolute Gasteiger partial charge is 0.416 e. The lowest BCUT2D eigenvalue weighted by molar-refractivity contribution is -0.555. The minimum atomic E-state index is -4.41. The fraction of sp³-hybridized carbons (Fsp3) is 0.238. The minimum Gasteiger partial charge on any atom is -0.870 e. The lowest BCUT2D eigenvalue weighted by Crippen LogP contribution is -2.39. The number of aromatic hydroxyl groups is 1. The molecule has 2 aromatic heterocycles. The van der Waals surface area contributed by atoms with Crippen molar-refractivity contribution in [2.45, 2.75) is 19.5 Å². The standard InChI is InChI=1S/C21H17F3N4O.H2O/c1-13-18(26-11-4-12-26)16-5-2-3-6-17(16)28-19(13)20(29)27(25-28)15-9-7-14(8-10-15)21(22,23)24;/h2-3,5-10H,4,11-12H2,1H3;1H2. The summed E-state index contributed by atoms with van der Waals surface area (Å²) >= 11 is 0. The van der Waals surface area contributed by atoms with Crippen LogP contribution in [0.3, 0.4) is 0 Å². The maximum atomic E-state index is 12.9. The fourth-order valence-corrected chi connectivity index (χ4v) is 3.95. The molecule has 0 saturated carbocycles. The molecule has 0 aliphatic carbocycles. The van der Waals surface area contributed by atoms with E-state index in [1.165, 1.54) is 16.8 Å². The second kappa shape index (κ2) is 6.88. The Morgan fingerprint density at radius 2 is 1.70 bits per heavy atom. The molecule has 0 atom stereocenters. The van der Waals surface area contributed by atoms with Crippen molar-refractivity contribution in [2.75, 3.05) is 18.0 Å². The molecule has 0 spiro atoms. The maximum absolute atomic E-state index is 12.9. The number of hydrogen-bond acceptors (Lipinski definition) is 4. The van der Waals surface area contributed by atoms with Gasteiger partial charge in [0, 0.05) is 24.0 Å². The highest BCUT2D eigenvalue weighted by atomic mass is 19.4. The average Bonchev–Trinajstić information content (AvgIpc) is 3.01. The van der Waals surface area contributed by atoms with E-state index in [1.54, 1.807) is 4.52 Å². The number of hydrogen-bond donors (Lipinski definition) is 1. The van der Waals surface area contributed by atoms with Crippen molar-refractivity contribution in [1.82, 2.24) is 9.90 Å². The van der Waals surface area contributed by atoms with E-state index in [0.717, 1.165) is 53.8 Å². The molecule has 156 valence electrons. The highest BCUT2D eigenvalue weighted by molar-refractivity contribution is 5.95. The molecule has 4 aromatic rings. The molecule has 9 heteroatoms. The van der Waals surface area contributed by atoms with Crippen molar-refractivity contribution in [3.63, 3.8) is 0 Å². The van der Waals surface area contributed by atoms with E-state index in [2.05, 4.69) is 10.1 Å². The number of alkyl halides is 3. The zero-order chi connectivity index (χ0) is 20.3. The third kappa shape index (κ3) is 2.85.